The number of carboxylic acids is 1. The maximum atomic E-state index is 11.4. The zero-order chi connectivity index (χ0) is 26.0. The van der Waals surface area contributed by atoms with E-state index in [4.69, 9.17) is 37.4 Å². The number of piperidine rings is 1. The van der Waals surface area contributed by atoms with Crippen molar-refractivity contribution in [3.63, 3.8) is 0 Å². The number of nitrogens with zero attached hydrogens (tertiary/aromatic N) is 3. The summed E-state index contributed by atoms with van der Waals surface area (Å²) < 4.78 is 13.3. The van der Waals surface area contributed by atoms with Crippen molar-refractivity contribution in [1.29, 1.82) is 0 Å². The second kappa shape index (κ2) is 9.52. The molecule has 196 valence electrons. The number of anilines is 1. The number of hydrogen-bond acceptors (Lipinski definition) is 7. The van der Waals surface area contributed by atoms with Crippen LogP contribution in [0.1, 0.15) is 66.1 Å². The van der Waals surface area contributed by atoms with Gasteiger partial charge in [-0.2, -0.15) is 0 Å². The molecular formula is C28H25Cl2N3O4S. The minimum Gasteiger partial charge on any atom is -0.478 e. The number of aromatic carboxylic acids is 1. The second-order valence-electron chi connectivity index (χ2n) is 10.4. The molecule has 7 nitrogen and oxygen atoms in total. The van der Waals surface area contributed by atoms with Gasteiger partial charge >= 0.3 is 5.97 Å². The molecule has 4 heterocycles. The van der Waals surface area contributed by atoms with Crippen molar-refractivity contribution in [2.24, 2.45) is 0 Å². The summed E-state index contributed by atoms with van der Waals surface area (Å²) in [4.78, 5) is 18.7. The fraction of sp³-hybridized carbons (Fsp3) is 0.393. The van der Waals surface area contributed by atoms with E-state index in [0.717, 1.165) is 65.2 Å². The molecule has 3 aliphatic rings. The smallest absolute Gasteiger partial charge is 0.335 e. The number of hydrogen-bond donors (Lipinski definition) is 1. The van der Waals surface area contributed by atoms with Gasteiger partial charge in [0.1, 0.15) is 11.5 Å². The molecule has 0 spiro atoms. The summed E-state index contributed by atoms with van der Waals surface area (Å²) in [7, 11) is 0. The van der Waals surface area contributed by atoms with Crippen LogP contribution in [0.25, 0.3) is 21.5 Å². The van der Waals surface area contributed by atoms with Crippen LogP contribution in [-0.2, 0) is 11.3 Å². The summed E-state index contributed by atoms with van der Waals surface area (Å²) in [5, 5.41) is 15.8. The SMILES string of the molecule is O=C(O)c1ccc2nc(N3C4CC[C@H]3C[C@H](OCc3c(-c5c(Cl)cccc5Cl)noc3C3CC3)C4)sc2c1. The first-order chi connectivity index (χ1) is 18.5. The van der Waals surface area contributed by atoms with Crippen molar-refractivity contribution < 1.29 is 19.2 Å². The lowest BCUT2D eigenvalue weighted by atomic mass is 10.00. The third-order valence-electron chi connectivity index (χ3n) is 7.96. The van der Waals surface area contributed by atoms with Crippen LogP contribution in [0.5, 0.6) is 0 Å². The number of benzene rings is 2. The van der Waals surface area contributed by atoms with Crippen molar-refractivity contribution in [2.75, 3.05) is 4.90 Å². The molecule has 2 aliphatic heterocycles. The number of carbonyl (C=O) groups is 1. The Morgan fingerprint density at radius 1 is 1.11 bits per heavy atom. The molecule has 2 saturated heterocycles. The Morgan fingerprint density at radius 2 is 1.84 bits per heavy atom. The predicted molar refractivity (Wildman–Crippen MR) is 148 cm³/mol. The van der Waals surface area contributed by atoms with Gasteiger partial charge in [-0.05, 0) is 68.9 Å². The molecule has 2 aromatic carbocycles. The first kappa shape index (κ1) is 24.4. The van der Waals surface area contributed by atoms with Gasteiger partial charge in [0.25, 0.3) is 0 Å². The van der Waals surface area contributed by atoms with E-state index in [1.165, 1.54) is 0 Å². The molecular weight excluding hydrogens is 545 g/mol. The number of halogens is 2. The number of thiazole rings is 1. The largest absolute Gasteiger partial charge is 0.478 e. The highest BCUT2D eigenvalue weighted by atomic mass is 35.5. The van der Waals surface area contributed by atoms with Gasteiger partial charge in [0.05, 0.1) is 38.5 Å². The second-order valence-corrected chi connectivity index (χ2v) is 12.2. The fourth-order valence-corrected chi connectivity index (χ4v) is 7.71. The lowest BCUT2D eigenvalue weighted by Gasteiger charge is -2.38. The van der Waals surface area contributed by atoms with Crippen LogP contribution in [0.3, 0.4) is 0 Å². The number of rotatable bonds is 7. The van der Waals surface area contributed by atoms with Crippen LogP contribution in [0, 0.1) is 0 Å². The summed E-state index contributed by atoms with van der Waals surface area (Å²) in [6, 6.07) is 11.3. The normalized spacial score (nSPS) is 22.9. The molecule has 0 radical (unpaired) electrons. The van der Waals surface area contributed by atoms with Crippen LogP contribution in [0.15, 0.2) is 40.9 Å². The Hall–Kier alpha value is -2.65. The van der Waals surface area contributed by atoms with E-state index in [1.54, 1.807) is 29.5 Å². The number of ether oxygens (including phenoxy) is 1. The molecule has 1 aliphatic carbocycles. The van der Waals surface area contributed by atoms with E-state index < -0.39 is 5.97 Å². The van der Waals surface area contributed by atoms with Crippen LogP contribution >= 0.6 is 34.5 Å². The van der Waals surface area contributed by atoms with Crippen LogP contribution in [-0.4, -0.2) is 39.4 Å². The maximum absolute atomic E-state index is 11.4. The third kappa shape index (κ3) is 4.28. The molecule has 1 saturated carbocycles. The molecule has 7 rings (SSSR count). The van der Waals surface area contributed by atoms with Gasteiger partial charge in [0.15, 0.2) is 5.13 Å². The van der Waals surface area contributed by atoms with Gasteiger partial charge < -0.3 is 19.3 Å². The minimum absolute atomic E-state index is 0.119. The Labute approximate surface area is 233 Å². The molecule has 1 N–H and O–H groups in total. The molecule has 2 aromatic heterocycles. The van der Waals surface area contributed by atoms with E-state index in [1.807, 2.05) is 18.2 Å². The maximum Gasteiger partial charge on any atom is 0.335 e. The van der Waals surface area contributed by atoms with Gasteiger partial charge in [-0.1, -0.05) is 45.8 Å². The molecule has 4 aromatic rings. The van der Waals surface area contributed by atoms with Gasteiger partial charge in [0, 0.05) is 29.1 Å². The van der Waals surface area contributed by atoms with Crippen molar-refractivity contribution in [2.45, 2.75) is 69.2 Å². The minimum atomic E-state index is -0.919. The van der Waals surface area contributed by atoms with Crippen LogP contribution < -0.4 is 4.90 Å². The molecule has 2 bridgehead atoms. The molecule has 0 amide bonds. The molecule has 38 heavy (non-hydrogen) atoms. The summed E-state index contributed by atoms with van der Waals surface area (Å²) in [5.41, 5.74) is 3.47. The first-order valence-electron chi connectivity index (χ1n) is 12.9. The summed E-state index contributed by atoms with van der Waals surface area (Å²) >= 11 is 14.6. The molecule has 3 fully saturated rings. The van der Waals surface area contributed by atoms with E-state index in [9.17, 15) is 9.90 Å². The Balaban J connectivity index is 1.10. The van der Waals surface area contributed by atoms with Gasteiger partial charge in [-0.15, -0.1) is 0 Å². The third-order valence-corrected chi connectivity index (χ3v) is 9.63. The van der Waals surface area contributed by atoms with E-state index in [0.29, 0.717) is 51.5 Å². The molecule has 10 heteroatoms. The van der Waals surface area contributed by atoms with Gasteiger partial charge in [-0.25, -0.2) is 9.78 Å². The summed E-state index contributed by atoms with van der Waals surface area (Å²) in [6.45, 7) is 0.412. The number of aromatic nitrogens is 2. The summed E-state index contributed by atoms with van der Waals surface area (Å²) in [6.07, 6.45) is 6.34. The Bertz CT molecular complexity index is 1510. The van der Waals surface area contributed by atoms with Gasteiger partial charge in [-0.3, -0.25) is 0 Å². The average molecular weight is 570 g/mol. The lowest BCUT2D eigenvalue weighted by molar-refractivity contribution is 0.0147. The fourth-order valence-electron chi connectivity index (χ4n) is 5.98. The van der Waals surface area contributed by atoms with Crippen molar-refractivity contribution in [3.8, 4) is 11.3 Å². The predicted octanol–water partition coefficient (Wildman–Crippen LogP) is 7.55. The Kier molecular flexibility index (Phi) is 6.11. The van der Waals surface area contributed by atoms with Crippen molar-refractivity contribution in [3.05, 3.63) is 63.3 Å². The van der Waals surface area contributed by atoms with Crippen molar-refractivity contribution in [1.82, 2.24) is 10.1 Å². The highest BCUT2D eigenvalue weighted by molar-refractivity contribution is 7.22. The topological polar surface area (TPSA) is 88.7 Å². The quantitative estimate of drug-likeness (QED) is 0.245. The first-order valence-corrected chi connectivity index (χ1v) is 14.5. The average Bonchev–Trinajstić information content (AvgIpc) is 3.42. The van der Waals surface area contributed by atoms with E-state index in [2.05, 4.69) is 10.1 Å². The summed E-state index contributed by atoms with van der Waals surface area (Å²) in [5.74, 6) is 0.360. The lowest BCUT2D eigenvalue weighted by Crippen LogP contribution is -2.45. The number of fused-ring (bicyclic) bond motifs is 3. The molecule has 3 atom stereocenters. The monoisotopic (exact) mass is 569 g/mol. The van der Waals surface area contributed by atoms with Crippen LogP contribution in [0.4, 0.5) is 5.13 Å². The highest BCUT2D eigenvalue weighted by Gasteiger charge is 2.43. The highest BCUT2D eigenvalue weighted by Crippen LogP contribution is 2.47. The van der Waals surface area contributed by atoms with Crippen LogP contribution in [0.2, 0.25) is 10.0 Å². The zero-order valence-electron chi connectivity index (χ0n) is 20.4. The van der Waals surface area contributed by atoms with E-state index in [-0.39, 0.29) is 6.10 Å². The van der Waals surface area contributed by atoms with E-state index >= 15 is 0 Å². The number of carboxylic acid groups (broad SMARTS) is 1. The van der Waals surface area contributed by atoms with Crippen molar-refractivity contribution >= 4 is 55.9 Å². The zero-order valence-corrected chi connectivity index (χ0v) is 22.7. The standard InChI is InChI=1S/C28H25Cl2N3O4S/c29-20-2-1-3-21(30)24(20)25-19(26(37-32-25)14-4-5-14)13-36-18-11-16-7-8-17(12-18)33(16)28-31-22-9-6-15(27(34)35)10-23(22)38-28/h1-3,6,9-10,14,16-18H,4-5,7-8,11-13H2,(H,34,35)/t16-,17?,18-/m0/s1. The Morgan fingerprint density at radius 3 is 2.53 bits per heavy atom. The van der Waals surface area contributed by atoms with Gasteiger partial charge in [0.2, 0.25) is 0 Å². The molecule has 1 unspecified atom stereocenters.